The summed E-state index contributed by atoms with van der Waals surface area (Å²) >= 11 is 3.42. The molecule has 1 unspecified atom stereocenters. The maximum Gasteiger partial charge on any atom is 0.306 e. The van der Waals surface area contributed by atoms with E-state index in [1.165, 1.54) is 0 Å². The molecule has 1 aromatic carbocycles. The predicted octanol–water partition coefficient (Wildman–Crippen LogP) is 2.69. The van der Waals surface area contributed by atoms with Crippen LogP contribution in [0.2, 0.25) is 0 Å². The van der Waals surface area contributed by atoms with E-state index in [1.54, 1.807) is 6.92 Å². The highest BCUT2D eigenvalue weighted by molar-refractivity contribution is 9.10. The first-order chi connectivity index (χ1) is 8.60. The van der Waals surface area contributed by atoms with Gasteiger partial charge in [0.2, 0.25) is 0 Å². The zero-order valence-electron chi connectivity index (χ0n) is 10.2. The molecule has 4 heteroatoms. The van der Waals surface area contributed by atoms with Gasteiger partial charge in [-0.3, -0.25) is 9.59 Å². The van der Waals surface area contributed by atoms with Crippen molar-refractivity contribution in [2.24, 2.45) is 5.92 Å². The van der Waals surface area contributed by atoms with Crippen LogP contribution in [-0.2, 0) is 27.2 Å². The van der Waals surface area contributed by atoms with E-state index in [0.717, 1.165) is 15.6 Å². The molecule has 0 fully saturated rings. The fourth-order valence-corrected chi connectivity index (χ4v) is 2.68. The molecular weight excluding hydrogens is 296 g/mol. The second-order valence-corrected chi connectivity index (χ2v) is 5.38. The van der Waals surface area contributed by atoms with Crippen LogP contribution in [-0.4, -0.2) is 18.4 Å². The molecule has 0 spiro atoms. The Hall–Kier alpha value is -1.16. The first kappa shape index (κ1) is 13.3. The largest absolute Gasteiger partial charge is 0.466 e. The maximum absolute atomic E-state index is 12.0. The van der Waals surface area contributed by atoms with Gasteiger partial charge in [0.1, 0.15) is 5.78 Å². The maximum atomic E-state index is 12.0. The van der Waals surface area contributed by atoms with Gasteiger partial charge in [-0.15, -0.1) is 0 Å². The molecule has 1 aliphatic carbocycles. The van der Waals surface area contributed by atoms with Crippen LogP contribution >= 0.6 is 15.9 Å². The zero-order chi connectivity index (χ0) is 13.1. The van der Waals surface area contributed by atoms with Gasteiger partial charge < -0.3 is 4.74 Å². The predicted molar refractivity (Wildman–Crippen MR) is 71.3 cm³/mol. The third-order valence-electron chi connectivity index (χ3n) is 3.17. The minimum absolute atomic E-state index is 0.137. The molecule has 96 valence electrons. The Bertz CT molecular complexity index is 482. The van der Waals surface area contributed by atoms with Crippen LogP contribution in [0.5, 0.6) is 0 Å². The van der Waals surface area contributed by atoms with Gasteiger partial charge in [0.15, 0.2) is 0 Å². The number of benzene rings is 1. The van der Waals surface area contributed by atoms with Gasteiger partial charge in [0.05, 0.1) is 13.0 Å². The summed E-state index contributed by atoms with van der Waals surface area (Å²) in [5.41, 5.74) is 2.22. The molecule has 0 bridgehead atoms. The number of esters is 1. The lowest BCUT2D eigenvalue weighted by atomic mass is 9.81. The van der Waals surface area contributed by atoms with Gasteiger partial charge in [-0.2, -0.15) is 0 Å². The number of ether oxygens (including phenoxy) is 1. The Morgan fingerprint density at radius 2 is 2.22 bits per heavy atom. The van der Waals surface area contributed by atoms with Crippen LogP contribution in [0, 0.1) is 5.92 Å². The molecule has 0 saturated heterocycles. The summed E-state index contributed by atoms with van der Waals surface area (Å²) in [5, 5.41) is 0. The molecule has 0 heterocycles. The number of ketones is 1. The highest BCUT2D eigenvalue weighted by atomic mass is 79.9. The van der Waals surface area contributed by atoms with E-state index in [2.05, 4.69) is 15.9 Å². The molecular formula is C14H15BrO3. The number of halogens is 1. The summed E-state index contributed by atoms with van der Waals surface area (Å²) in [7, 11) is 0. The molecule has 0 radical (unpaired) electrons. The monoisotopic (exact) mass is 310 g/mol. The highest BCUT2D eigenvalue weighted by Crippen LogP contribution is 2.27. The average molecular weight is 311 g/mol. The van der Waals surface area contributed by atoms with Crippen LogP contribution in [0.1, 0.15) is 24.5 Å². The minimum atomic E-state index is -0.283. The molecule has 0 N–H and O–H groups in total. The van der Waals surface area contributed by atoms with Crippen LogP contribution in [0.4, 0.5) is 0 Å². The minimum Gasteiger partial charge on any atom is -0.466 e. The van der Waals surface area contributed by atoms with Crippen molar-refractivity contribution in [2.45, 2.75) is 26.2 Å². The molecule has 1 atom stereocenters. The van der Waals surface area contributed by atoms with Gasteiger partial charge in [-0.25, -0.2) is 0 Å². The van der Waals surface area contributed by atoms with E-state index in [0.29, 0.717) is 19.4 Å². The lowest BCUT2D eigenvalue weighted by Crippen LogP contribution is -2.28. The van der Waals surface area contributed by atoms with E-state index >= 15 is 0 Å². The number of Topliss-reactive ketones (excluding diaryl/α,β-unsaturated/α-hetero) is 1. The van der Waals surface area contributed by atoms with E-state index in [9.17, 15) is 9.59 Å². The lowest BCUT2D eigenvalue weighted by Gasteiger charge is -2.23. The Balaban J connectivity index is 2.12. The summed E-state index contributed by atoms with van der Waals surface area (Å²) < 4.78 is 5.91. The second kappa shape index (κ2) is 5.65. The van der Waals surface area contributed by atoms with Crippen molar-refractivity contribution in [3.05, 3.63) is 33.8 Å². The van der Waals surface area contributed by atoms with E-state index < -0.39 is 0 Å². The van der Waals surface area contributed by atoms with Gasteiger partial charge in [0, 0.05) is 16.8 Å². The Morgan fingerprint density at radius 1 is 1.44 bits per heavy atom. The van der Waals surface area contributed by atoms with E-state index in [-0.39, 0.29) is 24.1 Å². The molecule has 0 aromatic heterocycles. The molecule has 1 aromatic rings. The molecule has 3 nitrogen and oxygen atoms in total. The molecule has 0 amide bonds. The van der Waals surface area contributed by atoms with Crippen molar-refractivity contribution in [3.8, 4) is 0 Å². The fourth-order valence-electron chi connectivity index (χ4n) is 2.28. The quantitative estimate of drug-likeness (QED) is 0.806. The van der Waals surface area contributed by atoms with Gasteiger partial charge >= 0.3 is 5.97 Å². The number of hydrogen-bond acceptors (Lipinski definition) is 3. The Labute approximate surface area is 115 Å². The normalized spacial score (nSPS) is 18.3. The van der Waals surface area contributed by atoms with Crippen LogP contribution in [0.25, 0.3) is 0 Å². The first-order valence-electron chi connectivity index (χ1n) is 6.05. The smallest absolute Gasteiger partial charge is 0.306 e. The molecule has 0 saturated carbocycles. The molecule has 1 aliphatic rings. The fraction of sp³-hybridized carbons (Fsp3) is 0.429. The SMILES string of the molecule is CCOC(=O)CC1Cc2cc(Br)ccc2CC1=O. The molecule has 18 heavy (non-hydrogen) atoms. The number of carbonyl (C=O) groups is 2. The average Bonchev–Trinajstić information content (AvgIpc) is 2.31. The Morgan fingerprint density at radius 3 is 2.94 bits per heavy atom. The number of fused-ring (bicyclic) bond motifs is 1. The third kappa shape index (κ3) is 2.99. The topological polar surface area (TPSA) is 43.4 Å². The second-order valence-electron chi connectivity index (χ2n) is 4.47. The van der Waals surface area contributed by atoms with Crippen LogP contribution in [0.3, 0.4) is 0 Å². The highest BCUT2D eigenvalue weighted by Gasteiger charge is 2.28. The molecule has 0 aliphatic heterocycles. The van der Waals surface area contributed by atoms with Crippen molar-refractivity contribution in [1.29, 1.82) is 0 Å². The van der Waals surface area contributed by atoms with Crippen molar-refractivity contribution >= 4 is 27.7 Å². The zero-order valence-corrected chi connectivity index (χ0v) is 11.8. The Kier molecular flexibility index (Phi) is 4.17. The van der Waals surface area contributed by atoms with E-state index in [1.807, 2.05) is 18.2 Å². The molecule has 2 rings (SSSR count). The summed E-state index contributed by atoms with van der Waals surface area (Å²) in [6.45, 7) is 2.13. The number of carbonyl (C=O) groups excluding carboxylic acids is 2. The summed E-state index contributed by atoms with van der Waals surface area (Å²) in [6, 6.07) is 5.94. The third-order valence-corrected chi connectivity index (χ3v) is 3.67. The standard InChI is InChI=1S/C14H15BrO3/c1-2-18-14(17)8-11-5-10-6-12(15)4-3-9(10)7-13(11)16/h3-4,6,11H,2,5,7-8H2,1H3. The lowest BCUT2D eigenvalue weighted by molar-refractivity contribution is -0.146. The number of rotatable bonds is 3. The van der Waals surface area contributed by atoms with E-state index in [4.69, 9.17) is 4.74 Å². The van der Waals surface area contributed by atoms with Gasteiger partial charge in [0.25, 0.3) is 0 Å². The van der Waals surface area contributed by atoms with Gasteiger partial charge in [-0.1, -0.05) is 22.0 Å². The van der Waals surface area contributed by atoms with Crippen LogP contribution in [0.15, 0.2) is 22.7 Å². The summed E-state index contributed by atoms with van der Waals surface area (Å²) in [6.07, 6.45) is 1.25. The van der Waals surface area contributed by atoms with Crippen molar-refractivity contribution < 1.29 is 14.3 Å². The van der Waals surface area contributed by atoms with Crippen molar-refractivity contribution in [1.82, 2.24) is 0 Å². The number of hydrogen-bond donors (Lipinski definition) is 0. The summed E-state index contributed by atoms with van der Waals surface area (Å²) in [5.74, 6) is -0.377. The van der Waals surface area contributed by atoms with Crippen molar-refractivity contribution in [2.75, 3.05) is 6.61 Å². The summed E-state index contributed by atoms with van der Waals surface area (Å²) in [4.78, 5) is 23.4. The van der Waals surface area contributed by atoms with Crippen molar-refractivity contribution in [3.63, 3.8) is 0 Å². The van der Waals surface area contributed by atoms with Crippen LogP contribution < -0.4 is 0 Å². The first-order valence-corrected chi connectivity index (χ1v) is 6.85. The van der Waals surface area contributed by atoms with Gasteiger partial charge in [-0.05, 0) is 36.6 Å².